The highest BCUT2D eigenvalue weighted by atomic mass is 79.9. The van der Waals surface area contributed by atoms with Gasteiger partial charge in [-0.2, -0.15) is 0 Å². The lowest BCUT2D eigenvalue weighted by atomic mass is 10.2. The van der Waals surface area contributed by atoms with Crippen LogP contribution in [-0.4, -0.2) is 20.2 Å². The molecule has 0 atom stereocenters. The number of nitrogens with one attached hydrogen (secondary N) is 2. The molecule has 4 N–H and O–H groups in total. The van der Waals surface area contributed by atoms with Crippen molar-refractivity contribution < 1.29 is 10.2 Å². The summed E-state index contributed by atoms with van der Waals surface area (Å²) in [6.07, 6.45) is 0. The molecule has 8 nitrogen and oxygen atoms in total. The van der Waals surface area contributed by atoms with Gasteiger partial charge >= 0.3 is 0 Å². The highest BCUT2D eigenvalue weighted by Gasteiger charge is 2.09. The molecule has 0 amide bonds. The lowest BCUT2D eigenvalue weighted by Crippen LogP contribution is -2.22. The zero-order valence-corrected chi connectivity index (χ0v) is 21.8. The molecule has 0 aliphatic heterocycles. The van der Waals surface area contributed by atoms with Crippen molar-refractivity contribution in [1.82, 2.24) is 9.97 Å². The molecule has 0 saturated heterocycles. The van der Waals surface area contributed by atoms with Crippen molar-refractivity contribution in [1.29, 1.82) is 0 Å². The summed E-state index contributed by atoms with van der Waals surface area (Å²) in [5.74, 6) is -0.474. The molecule has 0 spiro atoms. The van der Waals surface area contributed by atoms with E-state index >= 15 is 0 Å². The van der Waals surface area contributed by atoms with Gasteiger partial charge < -0.3 is 20.2 Å². The molecular weight excluding hydrogens is 684 g/mol. The van der Waals surface area contributed by atoms with E-state index in [0.29, 0.717) is 35.2 Å². The fourth-order valence-corrected chi connectivity index (χ4v) is 4.32. The van der Waals surface area contributed by atoms with E-state index in [-0.39, 0.29) is 11.5 Å². The van der Waals surface area contributed by atoms with E-state index < -0.39 is 22.0 Å². The van der Waals surface area contributed by atoms with Gasteiger partial charge in [-0.25, -0.2) is 0 Å². The second-order valence-electron chi connectivity index (χ2n) is 6.29. The Morgan fingerprint density at radius 3 is 1.81 bits per heavy atom. The molecule has 0 aliphatic carbocycles. The number of rotatable bonds is 0. The average Bonchev–Trinajstić information content (AvgIpc) is 2.90. The Morgan fingerprint density at radius 1 is 0.625 bits per heavy atom. The SMILES string of the molecule is O=c1cc(O)c2c(Br)ccc(Br)c2[nH]c1=O.O=c1cc(O)c2cc(Br)c(Br)cc2[nH]c1=O. The summed E-state index contributed by atoms with van der Waals surface area (Å²) >= 11 is 13.0. The van der Waals surface area contributed by atoms with Crippen molar-refractivity contribution in [2.75, 3.05) is 0 Å². The number of hydrogen-bond donors (Lipinski definition) is 4. The van der Waals surface area contributed by atoms with Crippen molar-refractivity contribution in [2.45, 2.75) is 0 Å². The molecular formula is C20H10Br4N2O6. The van der Waals surface area contributed by atoms with Gasteiger partial charge in [-0.1, -0.05) is 0 Å². The fourth-order valence-electron chi connectivity index (χ4n) is 2.68. The highest BCUT2D eigenvalue weighted by Crippen LogP contribution is 2.33. The van der Waals surface area contributed by atoms with Crippen LogP contribution >= 0.6 is 63.7 Å². The second-order valence-corrected chi connectivity index (χ2v) is 9.70. The van der Waals surface area contributed by atoms with Crippen molar-refractivity contribution in [2.24, 2.45) is 0 Å². The second kappa shape index (κ2) is 9.69. The third-order valence-corrected chi connectivity index (χ3v) is 7.33. The first-order valence-corrected chi connectivity index (χ1v) is 11.7. The lowest BCUT2D eigenvalue weighted by Gasteiger charge is -2.00. The van der Waals surface area contributed by atoms with Crippen LogP contribution in [0.5, 0.6) is 11.5 Å². The first-order valence-electron chi connectivity index (χ1n) is 8.49. The van der Waals surface area contributed by atoms with E-state index in [9.17, 15) is 29.4 Å². The molecule has 2 aromatic heterocycles. The van der Waals surface area contributed by atoms with Gasteiger partial charge in [0.1, 0.15) is 11.5 Å². The van der Waals surface area contributed by atoms with Crippen molar-refractivity contribution in [3.8, 4) is 11.5 Å². The number of aromatic hydroxyl groups is 2. The first kappa shape index (κ1) is 24.4. The van der Waals surface area contributed by atoms with Crippen LogP contribution < -0.4 is 22.0 Å². The predicted molar refractivity (Wildman–Crippen MR) is 136 cm³/mol. The minimum atomic E-state index is -0.785. The van der Waals surface area contributed by atoms with Crippen molar-refractivity contribution in [3.05, 3.63) is 95.4 Å². The van der Waals surface area contributed by atoms with Crippen molar-refractivity contribution in [3.63, 3.8) is 0 Å². The standard InChI is InChI=1S/2C10H5Br2NO3/c11-5-1-4-7(2-6(5)12)13-10(16)9(15)3-8(4)14;11-4-1-2-5(12)9-8(4)6(14)3-7(15)10(16)13-9/h2*1-3,14H,(H,13,15,16). The Balaban J connectivity index is 0.000000181. The number of benzene rings is 2. The molecule has 0 aliphatic rings. The maximum atomic E-state index is 11.3. The summed E-state index contributed by atoms with van der Waals surface area (Å²) in [7, 11) is 0. The minimum absolute atomic E-state index is 0.230. The fraction of sp³-hybridized carbons (Fsp3) is 0. The smallest absolute Gasteiger partial charge is 0.296 e. The minimum Gasteiger partial charge on any atom is -0.507 e. The zero-order chi connectivity index (χ0) is 23.7. The number of H-pyrrole nitrogens is 2. The molecule has 0 unspecified atom stereocenters. The van der Waals surface area contributed by atoms with Gasteiger partial charge in [-0.3, -0.25) is 19.2 Å². The summed E-state index contributed by atoms with van der Waals surface area (Å²) in [5, 5.41) is 20.2. The monoisotopic (exact) mass is 690 g/mol. The van der Waals surface area contributed by atoms with Gasteiger partial charge in [0, 0.05) is 35.4 Å². The molecule has 0 bridgehead atoms. The molecule has 164 valence electrons. The number of aromatic nitrogens is 2. The van der Waals surface area contributed by atoms with Gasteiger partial charge in [0.15, 0.2) is 0 Å². The van der Waals surface area contributed by atoms with E-state index in [2.05, 4.69) is 73.7 Å². The van der Waals surface area contributed by atoms with Crippen molar-refractivity contribution >= 4 is 85.5 Å². The topological polar surface area (TPSA) is 140 Å². The Hall–Kier alpha value is -2.28. The number of fused-ring (bicyclic) bond motifs is 2. The van der Waals surface area contributed by atoms with E-state index in [1.807, 2.05) is 0 Å². The molecule has 0 fully saturated rings. The van der Waals surface area contributed by atoms with Crippen LogP contribution in [0.4, 0.5) is 0 Å². The molecule has 32 heavy (non-hydrogen) atoms. The predicted octanol–water partition coefficient (Wildman–Crippen LogP) is 4.24. The normalized spacial score (nSPS) is 10.6. The van der Waals surface area contributed by atoms with Crippen LogP contribution in [0, 0.1) is 0 Å². The van der Waals surface area contributed by atoms with E-state index in [1.165, 1.54) is 0 Å². The van der Waals surface area contributed by atoms with E-state index in [0.717, 1.165) is 16.6 Å². The maximum absolute atomic E-state index is 11.3. The summed E-state index contributed by atoms with van der Waals surface area (Å²) in [5.41, 5.74) is -2.34. The van der Waals surface area contributed by atoms with Crippen LogP contribution in [0.3, 0.4) is 0 Å². The molecule has 4 rings (SSSR count). The van der Waals surface area contributed by atoms with Gasteiger partial charge in [-0.15, -0.1) is 0 Å². The van der Waals surface area contributed by atoms with Gasteiger partial charge in [0.05, 0.1) is 16.4 Å². The summed E-state index contributed by atoms with van der Waals surface area (Å²) in [4.78, 5) is 49.9. The maximum Gasteiger partial charge on any atom is 0.296 e. The molecule has 2 aromatic carbocycles. The lowest BCUT2D eigenvalue weighted by molar-refractivity contribution is 0.481. The van der Waals surface area contributed by atoms with Gasteiger partial charge in [-0.05, 0) is 88.0 Å². The third kappa shape index (κ3) is 5.03. The third-order valence-electron chi connectivity index (χ3n) is 4.17. The van der Waals surface area contributed by atoms with Gasteiger partial charge in [0.25, 0.3) is 11.1 Å². The summed E-state index contributed by atoms with van der Waals surface area (Å²) in [6.45, 7) is 0. The van der Waals surface area contributed by atoms with Crippen LogP contribution in [0.2, 0.25) is 0 Å². The van der Waals surface area contributed by atoms with E-state index in [1.54, 1.807) is 24.3 Å². The van der Waals surface area contributed by atoms with Crippen LogP contribution in [-0.2, 0) is 0 Å². The van der Waals surface area contributed by atoms with Crippen LogP contribution in [0.15, 0.2) is 73.5 Å². The molecule has 12 heteroatoms. The molecule has 0 saturated carbocycles. The number of hydrogen-bond acceptors (Lipinski definition) is 6. The van der Waals surface area contributed by atoms with Gasteiger partial charge in [0.2, 0.25) is 10.9 Å². The number of halogens is 4. The highest BCUT2D eigenvalue weighted by molar-refractivity contribution is 9.13. The van der Waals surface area contributed by atoms with Crippen LogP contribution in [0.1, 0.15) is 0 Å². The number of aromatic amines is 2. The first-order chi connectivity index (χ1) is 15.0. The average molecular weight is 694 g/mol. The Labute approximate surface area is 211 Å². The van der Waals surface area contributed by atoms with Crippen LogP contribution in [0.25, 0.3) is 21.8 Å². The summed E-state index contributed by atoms with van der Waals surface area (Å²) in [6, 6.07) is 8.44. The zero-order valence-electron chi connectivity index (χ0n) is 15.5. The quantitative estimate of drug-likeness (QED) is 0.203. The Morgan fingerprint density at radius 2 is 1.16 bits per heavy atom. The molecule has 0 radical (unpaired) electrons. The largest absolute Gasteiger partial charge is 0.507 e. The van der Waals surface area contributed by atoms with E-state index in [4.69, 9.17) is 0 Å². The summed E-state index contributed by atoms with van der Waals surface area (Å²) < 4.78 is 2.62. The Kier molecular flexibility index (Phi) is 7.38. The Bertz CT molecular complexity index is 1630. The molecule has 4 aromatic rings. The molecule has 2 heterocycles.